The first-order chi connectivity index (χ1) is 17.3. The molecule has 1 N–H and O–H groups in total. The van der Waals surface area contributed by atoms with Crippen molar-refractivity contribution in [2.24, 2.45) is 0 Å². The Bertz CT molecular complexity index is 1540. The van der Waals surface area contributed by atoms with Crippen LogP contribution >= 0.6 is 0 Å². The average Bonchev–Trinajstić information content (AvgIpc) is 2.81. The van der Waals surface area contributed by atoms with Crippen molar-refractivity contribution in [1.82, 2.24) is 9.97 Å². The van der Waals surface area contributed by atoms with Crippen LogP contribution in [0.15, 0.2) is 42.6 Å². The smallest absolute Gasteiger partial charge is 0.337 e. The zero-order chi connectivity index (χ0) is 26.7. The Hall–Kier alpha value is -3.65. The van der Waals surface area contributed by atoms with Gasteiger partial charge in [-0.15, -0.1) is 0 Å². The second-order valence-electron chi connectivity index (χ2n) is 10.5. The van der Waals surface area contributed by atoms with Crippen LogP contribution in [0.5, 0.6) is 5.75 Å². The zero-order valence-electron chi connectivity index (χ0n) is 21.4. The number of ether oxygens (including phenoxy) is 2. The molecule has 192 valence electrons. The van der Waals surface area contributed by atoms with Crippen LogP contribution in [0.1, 0.15) is 56.2 Å². The number of fused-ring (bicyclic) bond motifs is 1. The molecule has 37 heavy (non-hydrogen) atoms. The minimum Gasteiger partial charge on any atom is -0.493 e. The lowest BCUT2D eigenvalue weighted by Gasteiger charge is -2.29. The summed E-state index contributed by atoms with van der Waals surface area (Å²) in [4.78, 5) is 21.5. The number of aryl methyl sites for hydroxylation is 1. The van der Waals surface area contributed by atoms with Crippen molar-refractivity contribution in [2.45, 2.75) is 58.7 Å². The van der Waals surface area contributed by atoms with E-state index in [0.717, 1.165) is 24.3 Å². The number of pyridine rings is 2. The Morgan fingerprint density at radius 2 is 1.89 bits per heavy atom. The Labute approximate surface area is 213 Å². The Balaban J connectivity index is 1.91. The molecular formula is C29H28F2N2O4. The van der Waals surface area contributed by atoms with Gasteiger partial charge in [-0.3, -0.25) is 4.98 Å². The van der Waals surface area contributed by atoms with E-state index in [0.29, 0.717) is 51.0 Å². The zero-order valence-corrected chi connectivity index (χ0v) is 21.4. The van der Waals surface area contributed by atoms with Gasteiger partial charge in [-0.05, 0) is 74.7 Å². The van der Waals surface area contributed by atoms with E-state index in [4.69, 9.17) is 9.47 Å². The van der Waals surface area contributed by atoms with E-state index < -0.39 is 23.6 Å². The highest BCUT2D eigenvalue weighted by Crippen LogP contribution is 2.45. The molecule has 0 unspecified atom stereocenters. The van der Waals surface area contributed by atoms with Gasteiger partial charge in [0.1, 0.15) is 11.4 Å². The van der Waals surface area contributed by atoms with Crippen molar-refractivity contribution in [3.05, 3.63) is 65.0 Å². The molecule has 2 aromatic heterocycles. The minimum absolute atomic E-state index is 0.340. The topological polar surface area (TPSA) is 81.5 Å². The highest BCUT2D eigenvalue weighted by molar-refractivity contribution is 6.08. The molecular weight excluding hydrogens is 478 g/mol. The molecule has 1 aliphatic rings. The molecule has 0 spiro atoms. The summed E-state index contributed by atoms with van der Waals surface area (Å²) in [5.41, 5.74) is 3.16. The summed E-state index contributed by atoms with van der Waals surface area (Å²) in [6.07, 6.45) is 1.13. The third-order valence-electron chi connectivity index (χ3n) is 6.49. The van der Waals surface area contributed by atoms with Crippen molar-refractivity contribution in [3.8, 4) is 16.9 Å². The standard InChI is InChI=1S/C29H28F2N2O4/c1-15-14-19-17(7-9-21(33-19)29(5,30)31)24(22(15)26(27(34)35)37-28(2,3)4)18-6-8-20-23-16(11-13-36-20)10-12-32-25(18)23/h6-10,12,14,26H,11,13H2,1-5H3,(H,34,35)/t26-/m0/s1. The SMILES string of the molecule is Cc1cc2nc(C(C)(F)F)ccc2c(-c2ccc3c4c(ccnc24)CCO3)c1[C@H](OC(C)(C)C)C(=O)O. The second kappa shape index (κ2) is 8.73. The lowest BCUT2D eigenvalue weighted by molar-refractivity contribution is -0.160. The van der Waals surface area contributed by atoms with Crippen LogP contribution in [0.2, 0.25) is 0 Å². The number of halogens is 2. The number of aliphatic carboxylic acids is 1. The first-order valence-corrected chi connectivity index (χ1v) is 12.1. The molecule has 8 heteroatoms. The Morgan fingerprint density at radius 3 is 2.57 bits per heavy atom. The highest BCUT2D eigenvalue weighted by atomic mass is 19.3. The minimum atomic E-state index is -3.13. The van der Waals surface area contributed by atoms with Gasteiger partial charge in [-0.2, -0.15) is 8.78 Å². The van der Waals surface area contributed by atoms with Crippen molar-refractivity contribution < 1.29 is 28.2 Å². The maximum absolute atomic E-state index is 14.2. The third-order valence-corrected chi connectivity index (χ3v) is 6.49. The summed E-state index contributed by atoms with van der Waals surface area (Å²) < 4.78 is 40.3. The summed E-state index contributed by atoms with van der Waals surface area (Å²) in [6, 6.07) is 10.2. The molecule has 0 radical (unpaired) electrons. The summed E-state index contributed by atoms with van der Waals surface area (Å²) in [6.45, 7) is 8.48. The third kappa shape index (κ3) is 4.50. The number of hydrogen-bond acceptors (Lipinski definition) is 5. The Kier molecular flexibility index (Phi) is 5.90. The lowest BCUT2D eigenvalue weighted by Crippen LogP contribution is -2.28. The predicted molar refractivity (Wildman–Crippen MR) is 137 cm³/mol. The van der Waals surface area contributed by atoms with Gasteiger partial charge >= 0.3 is 5.97 Å². The molecule has 2 aromatic carbocycles. The quantitative estimate of drug-likeness (QED) is 0.323. The van der Waals surface area contributed by atoms with Gasteiger partial charge in [0, 0.05) is 41.4 Å². The summed E-state index contributed by atoms with van der Waals surface area (Å²) in [5.74, 6) is -3.57. The molecule has 0 fully saturated rings. The monoisotopic (exact) mass is 506 g/mol. The molecule has 1 aliphatic heterocycles. The van der Waals surface area contributed by atoms with Gasteiger partial charge in [0.2, 0.25) is 0 Å². The Morgan fingerprint density at radius 1 is 1.14 bits per heavy atom. The molecule has 0 amide bonds. The van der Waals surface area contributed by atoms with E-state index in [1.807, 2.05) is 18.2 Å². The highest BCUT2D eigenvalue weighted by Gasteiger charge is 2.33. The number of carboxylic acids is 1. The van der Waals surface area contributed by atoms with Crippen LogP contribution in [0.4, 0.5) is 8.78 Å². The molecule has 1 atom stereocenters. The van der Waals surface area contributed by atoms with E-state index in [9.17, 15) is 18.7 Å². The largest absolute Gasteiger partial charge is 0.493 e. The van der Waals surface area contributed by atoms with Crippen molar-refractivity contribution in [3.63, 3.8) is 0 Å². The van der Waals surface area contributed by atoms with E-state index in [1.165, 1.54) is 6.07 Å². The number of hydrogen-bond donors (Lipinski definition) is 1. The fraction of sp³-hybridized carbons (Fsp3) is 0.345. The first-order valence-electron chi connectivity index (χ1n) is 12.1. The number of carboxylic acid groups (broad SMARTS) is 1. The molecule has 0 bridgehead atoms. The van der Waals surface area contributed by atoms with Crippen LogP contribution in [0, 0.1) is 6.92 Å². The molecule has 0 saturated carbocycles. The lowest BCUT2D eigenvalue weighted by atomic mass is 9.86. The van der Waals surface area contributed by atoms with Crippen molar-refractivity contribution in [2.75, 3.05) is 6.61 Å². The van der Waals surface area contributed by atoms with Gasteiger partial charge in [0.05, 0.1) is 23.2 Å². The molecule has 0 saturated heterocycles. The van der Waals surface area contributed by atoms with Gasteiger partial charge in [-0.25, -0.2) is 9.78 Å². The number of rotatable bonds is 5. The fourth-order valence-corrected chi connectivity index (χ4v) is 4.98. The number of nitrogens with zero attached hydrogens (tertiary/aromatic N) is 2. The van der Waals surface area contributed by atoms with E-state index >= 15 is 0 Å². The van der Waals surface area contributed by atoms with E-state index in [2.05, 4.69) is 9.97 Å². The van der Waals surface area contributed by atoms with Gasteiger partial charge in [0.15, 0.2) is 6.10 Å². The number of benzene rings is 2. The second-order valence-corrected chi connectivity index (χ2v) is 10.5. The molecule has 0 aliphatic carbocycles. The van der Waals surface area contributed by atoms with Crippen LogP contribution < -0.4 is 4.74 Å². The van der Waals surface area contributed by atoms with E-state index in [-0.39, 0.29) is 5.69 Å². The summed E-state index contributed by atoms with van der Waals surface area (Å²) in [5, 5.41) is 11.7. The average molecular weight is 507 g/mol. The van der Waals surface area contributed by atoms with Crippen molar-refractivity contribution >= 4 is 27.8 Å². The predicted octanol–water partition coefficient (Wildman–Crippen LogP) is 6.75. The number of alkyl halides is 2. The molecule has 6 nitrogen and oxygen atoms in total. The first kappa shape index (κ1) is 25.0. The van der Waals surface area contributed by atoms with Gasteiger partial charge < -0.3 is 14.6 Å². The molecule has 3 heterocycles. The number of aromatic nitrogens is 2. The number of carbonyl (C=O) groups is 1. The maximum atomic E-state index is 14.2. The van der Waals surface area contributed by atoms with Crippen molar-refractivity contribution in [1.29, 1.82) is 0 Å². The van der Waals surface area contributed by atoms with E-state index in [1.54, 1.807) is 46.0 Å². The van der Waals surface area contributed by atoms with Crippen LogP contribution in [-0.4, -0.2) is 33.3 Å². The van der Waals surface area contributed by atoms with Gasteiger partial charge in [0.25, 0.3) is 5.92 Å². The van der Waals surface area contributed by atoms with Gasteiger partial charge in [-0.1, -0.05) is 6.07 Å². The normalized spacial score (nSPS) is 14.6. The summed E-state index contributed by atoms with van der Waals surface area (Å²) in [7, 11) is 0. The fourth-order valence-electron chi connectivity index (χ4n) is 4.98. The van der Waals surface area contributed by atoms with Crippen LogP contribution in [0.3, 0.4) is 0 Å². The van der Waals surface area contributed by atoms with Crippen LogP contribution in [0.25, 0.3) is 32.9 Å². The maximum Gasteiger partial charge on any atom is 0.337 e. The van der Waals surface area contributed by atoms with Crippen LogP contribution in [-0.2, 0) is 21.9 Å². The summed E-state index contributed by atoms with van der Waals surface area (Å²) >= 11 is 0. The molecule has 4 aromatic rings. The molecule has 5 rings (SSSR count).